The third-order valence-electron chi connectivity index (χ3n) is 4.25. The second kappa shape index (κ2) is 4.19. The molecule has 1 saturated carbocycles. The van der Waals surface area contributed by atoms with Gasteiger partial charge in [0, 0.05) is 12.6 Å². The summed E-state index contributed by atoms with van der Waals surface area (Å²) in [6.45, 7) is 3.27. The Balaban J connectivity index is 2.05. The summed E-state index contributed by atoms with van der Waals surface area (Å²) in [5.41, 5.74) is 0.251. The molecule has 14 heavy (non-hydrogen) atoms. The fourth-order valence-electron chi connectivity index (χ4n) is 3.38. The van der Waals surface area contributed by atoms with Crippen molar-refractivity contribution < 1.29 is 4.74 Å². The van der Waals surface area contributed by atoms with Gasteiger partial charge in [-0.15, -0.1) is 0 Å². The van der Waals surface area contributed by atoms with Crippen molar-refractivity contribution in [1.82, 2.24) is 5.32 Å². The summed E-state index contributed by atoms with van der Waals surface area (Å²) in [4.78, 5) is 0. The first-order valence-corrected chi connectivity index (χ1v) is 6.12. The van der Waals surface area contributed by atoms with Crippen molar-refractivity contribution in [3.63, 3.8) is 0 Å². The monoisotopic (exact) mass is 197 g/mol. The van der Waals surface area contributed by atoms with Gasteiger partial charge in [0.1, 0.15) is 0 Å². The van der Waals surface area contributed by atoms with E-state index in [1.807, 2.05) is 0 Å². The number of nitrogens with one attached hydrogen (secondary N) is 1. The summed E-state index contributed by atoms with van der Waals surface area (Å²) >= 11 is 0. The summed E-state index contributed by atoms with van der Waals surface area (Å²) in [7, 11) is 2.08. The van der Waals surface area contributed by atoms with Crippen molar-refractivity contribution in [3.8, 4) is 0 Å². The quantitative estimate of drug-likeness (QED) is 0.733. The number of ether oxygens (including phenoxy) is 1. The van der Waals surface area contributed by atoms with Crippen LogP contribution in [0.2, 0.25) is 0 Å². The smallest absolute Gasteiger partial charge is 0.0725 e. The zero-order chi connectivity index (χ0) is 10.0. The SMILES string of the molecule is CCC1CCCC12CC(NC)CCO2. The molecule has 2 rings (SSSR count). The summed E-state index contributed by atoms with van der Waals surface area (Å²) < 4.78 is 6.12. The molecule has 1 aliphatic heterocycles. The Kier molecular flexibility index (Phi) is 3.13. The first-order valence-electron chi connectivity index (χ1n) is 6.12. The zero-order valence-electron chi connectivity index (χ0n) is 9.51. The Labute approximate surface area is 87.4 Å². The fraction of sp³-hybridized carbons (Fsp3) is 1.00. The van der Waals surface area contributed by atoms with Crippen LogP contribution in [0.1, 0.15) is 45.4 Å². The molecular weight excluding hydrogens is 174 g/mol. The van der Waals surface area contributed by atoms with Crippen LogP contribution in [0.25, 0.3) is 0 Å². The molecule has 0 aromatic rings. The van der Waals surface area contributed by atoms with Crippen LogP contribution in [0.3, 0.4) is 0 Å². The lowest BCUT2D eigenvalue weighted by Gasteiger charge is -2.42. The van der Waals surface area contributed by atoms with Crippen molar-refractivity contribution in [1.29, 1.82) is 0 Å². The Morgan fingerprint density at radius 3 is 3.00 bits per heavy atom. The van der Waals surface area contributed by atoms with E-state index in [4.69, 9.17) is 4.74 Å². The normalized spacial score (nSPS) is 43.3. The second-order valence-electron chi connectivity index (χ2n) is 4.89. The molecule has 2 fully saturated rings. The Hall–Kier alpha value is -0.0800. The molecular formula is C12H23NO. The van der Waals surface area contributed by atoms with Crippen LogP contribution >= 0.6 is 0 Å². The highest BCUT2D eigenvalue weighted by Crippen LogP contribution is 2.45. The average molecular weight is 197 g/mol. The molecule has 0 aromatic carbocycles. The van der Waals surface area contributed by atoms with Crippen LogP contribution in [0.15, 0.2) is 0 Å². The minimum Gasteiger partial charge on any atom is -0.375 e. The minimum atomic E-state index is 0.251. The van der Waals surface area contributed by atoms with Crippen LogP contribution in [-0.2, 0) is 4.74 Å². The van der Waals surface area contributed by atoms with Gasteiger partial charge < -0.3 is 10.1 Å². The van der Waals surface area contributed by atoms with E-state index in [-0.39, 0.29) is 5.60 Å². The van der Waals surface area contributed by atoms with E-state index in [1.165, 1.54) is 38.5 Å². The van der Waals surface area contributed by atoms with Gasteiger partial charge in [0.25, 0.3) is 0 Å². The lowest BCUT2D eigenvalue weighted by atomic mass is 9.80. The number of rotatable bonds is 2. The molecule has 3 unspecified atom stereocenters. The van der Waals surface area contributed by atoms with Gasteiger partial charge in [-0.2, -0.15) is 0 Å². The van der Waals surface area contributed by atoms with Crippen LogP contribution in [-0.4, -0.2) is 25.3 Å². The Bertz CT molecular complexity index is 195. The lowest BCUT2D eigenvalue weighted by Crippen LogP contribution is -2.48. The number of hydrogen-bond acceptors (Lipinski definition) is 2. The maximum absolute atomic E-state index is 6.12. The molecule has 0 aromatic heterocycles. The van der Waals surface area contributed by atoms with Gasteiger partial charge in [0.2, 0.25) is 0 Å². The van der Waals surface area contributed by atoms with E-state index in [0.29, 0.717) is 6.04 Å². The van der Waals surface area contributed by atoms with E-state index >= 15 is 0 Å². The number of hydrogen-bond donors (Lipinski definition) is 1. The predicted molar refractivity (Wildman–Crippen MR) is 58.4 cm³/mol. The summed E-state index contributed by atoms with van der Waals surface area (Å²) in [5.74, 6) is 0.818. The van der Waals surface area contributed by atoms with E-state index in [2.05, 4.69) is 19.3 Å². The van der Waals surface area contributed by atoms with Gasteiger partial charge in [-0.05, 0) is 38.6 Å². The average Bonchev–Trinajstić information content (AvgIpc) is 2.60. The molecule has 82 valence electrons. The highest BCUT2D eigenvalue weighted by Gasteiger charge is 2.45. The maximum Gasteiger partial charge on any atom is 0.0725 e. The van der Waals surface area contributed by atoms with Crippen molar-refractivity contribution in [2.75, 3.05) is 13.7 Å². The molecule has 0 radical (unpaired) electrons. The highest BCUT2D eigenvalue weighted by atomic mass is 16.5. The third-order valence-corrected chi connectivity index (χ3v) is 4.25. The van der Waals surface area contributed by atoms with E-state index in [0.717, 1.165) is 12.5 Å². The summed E-state index contributed by atoms with van der Waals surface area (Å²) in [5, 5.41) is 3.42. The zero-order valence-corrected chi connectivity index (χ0v) is 9.51. The Morgan fingerprint density at radius 1 is 1.43 bits per heavy atom. The largest absolute Gasteiger partial charge is 0.375 e. The summed E-state index contributed by atoms with van der Waals surface area (Å²) in [6, 6.07) is 0.691. The van der Waals surface area contributed by atoms with Crippen molar-refractivity contribution >= 4 is 0 Å². The van der Waals surface area contributed by atoms with Gasteiger partial charge >= 0.3 is 0 Å². The van der Waals surface area contributed by atoms with Crippen molar-refractivity contribution in [2.24, 2.45) is 5.92 Å². The predicted octanol–water partition coefficient (Wildman–Crippen LogP) is 2.33. The van der Waals surface area contributed by atoms with Crippen molar-refractivity contribution in [3.05, 3.63) is 0 Å². The molecule has 2 heteroatoms. The first-order chi connectivity index (χ1) is 6.80. The maximum atomic E-state index is 6.12. The second-order valence-corrected chi connectivity index (χ2v) is 4.89. The fourth-order valence-corrected chi connectivity index (χ4v) is 3.38. The Morgan fingerprint density at radius 2 is 2.29 bits per heavy atom. The lowest BCUT2D eigenvalue weighted by molar-refractivity contribution is -0.112. The van der Waals surface area contributed by atoms with Crippen LogP contribution < -0.4 is 5.32 Å². The molecule has 3 atom stereocenters. The molecule has 0 amide bonds. The topological polar surface area (TPSA) is 21.3 Å². The van der Waals surface area contributed by atoms with Gasteiger partial charge in [-0.1, -0.05) is 19.8 Å². The molecule has 1 heterocycles. The molecule has 1 aliphatic carbocycles. The van der Waals surface area contributed by atoms with Gasteiger partial charge in [0.15, 0.2) is 0 Å². The standard InChI is InChI=1S/C12H23NO/c1-3-10-5-4-7-12(10)9-11(13-2)6-8-14-12/h10-11,13H,3-9H2,1-2H3. The molecule has 2 aliphatic rings. The van der Waals surface area contributed by atoms with Gasteiger partial charge in [0.05, 0.1) is 5.60 Å². The molecule has 2 nitrogen and oxygen atoms in total. The molecule has 1 spiro atoms. The molecule has 1 N–H and O–H groups in total. The highest BCUT2D eigenvalue weighted by molar-refractivity contribution is 4.98. The van der Waals surface area contributed by atoms with E-state index < -0.39 is 0 Å². The van der Waals surface area contributed by atoms with E-state index in [1.54, 1.807) is 0 Å². The third kappa shape index (κ3) is 1.70. The van der Waals surface area contributed by atoms with Crippen LogP contribution in [0.5, 0.6) is 0 Å². The summed E-state index contributed by atoms with van der Waals surface area (Å²) in [6.07, 6.45) is 7.76. The van der Waals surface area contributed by atoms with Crippen LogP contribution in [0.4, 0.5) is 0 Å². The molecule has 0 bridgehead atoms. The van der Waals surface area contributed by atoms with Crippen molar-refractivity contribution in [2.45, 2.75) is 57.1 Å². The van der Waals surface area contributed by atoms with E-state index in [9.17, 15) is 0 Å². The molecule has 1 saturated heterocycles. The van der Waals surface area contributed by atoms with Crippen LogP contribution in [0, 0.1) is 5.92 Å². The van der Waals surface area contributed by atoms with Gasteiger partial charge in [-0.25, -0.2) is 0 Å². The first kappa shape index (κ1) is 10.4. The minimum absolute atomic E-state index is 0.251. The van der Waals surface area contributed by atoms with Gasteiger partial charge in [-0.3, -0.25) is 0 Å².